The molecule has 24 heavy (non-hydrogen) atoms. The van der Waals surface area contributed by atoms with Crippen molar-refractivity contribution >= 4 is 33.4 Å². The van der Waals surface area contributed by atoms with E-state index in [1.807, 2.05) is 20.0 Å². The molecule has 2 unspecified atom stereocenters. The molecule has 2 aromatic heterocycles. The number of likely N-dealkylation sites (tertiary alicyclic amines) is 1. The van der Waals surface area contributed by atoms with Crippen LogP contribution in [0.3, 0.4) is 0 Å². The number of rotatable bonds is 3. The van der Waals surface area contributed by atoms with Gasteiger partial charge in [0.1, 0.15) is 10.9 Å². The van der Waals surface area contributed by atoms with Gasteiger partial charge in [-0.1, -0.05) is 20.8 Å². The molecule has 0 aromatic carbocycles. The third kappa shape index (κ3) is 2.81. The molecule has 1 aliphatic heterocycles. The lowest BCUT2D eigenvalue weighted by Gasteiger charge is -2.35. The summed E-state index contributed by atoms with van der Waals surface area (Å²) in [4.78, 5) is 27.6. The topological polar surface area (TPSA) is 75.4 Å². The number of amides is 1. The van der Waals surface area contributed by atoms with E-state index in [1.54, 1.807) is 4.68 Å². The summed E-state index contributed by atoms with van der Waals surface area (Å²) in [6.45, 7) is 6.69. The number of carbonyl (C=O) groups excluding carboxylic acids is 1. The van der Waals surface area contributed by atoms with Crippen molar-refractivity contribution in [2.45, 2.75) is 45.6 Å². The Balaban J connectivity index is 1.96. The van der Waals surface area contributed by atoms with Crippen molar-refractivity contribution < 1.29 is 14.7 Å². The molecule has 2 atom stereocenters. The normalized spacial score (nSPS) is 21.6. The Labute approximate surface area is 145 Å². The van der Waals surface area contributed by atoms with Crippen LogP contribution in [-0.4, -0.2) is 44.3 Å². The lowest BCUT2D eigenvalue weighted by molar-refractivity contribution is -0.144. The minimum absolute atomic E-state index is 0.176. The lowest BCUT2D eigenvalue weighted by atomic mass is 9.92. The largest absolute Gasteiger partial charge is 0.480 e. The molecule has 0 radical (unpaired) electrons. The van der Waals surface area contributed by atoms with Crippen LogP contribution in [0.5, 0.6) is 0 Å². The van der Waals surface area contributed by atoms with E-state index in [0.717, 1.165) is 22.3 Å². The van der Waals surface area contributed by atoms with E-state index < -0.39 is 12.0 Å². The Morgan fingerprint density at radius 3 is 2.75 bits per heavy atom. The van der Waals surface area contributed by atoms with Crippen LogP contribution in [0.1, 0.15) is 54.9 Å². The number of carboxylic acids is 1. The minimum atomic E-state index is -0.916. The van der Waals surface area contributed by atoms with Crippen molar-refractivity contribution in [1.29, 1.82) is 0 Å². The van der Waals surface area contributed by atoms with Gasteiger partial charge in [-0.15, -0.1) is 11.3 Å². The van der Waals surface area contributed by atoms with Gasteiger partial charge < -0.3 is 10.0 Å². The Hall–Kier alpha value is -1.89. The van der Waals surface area contributed by atoms with Crippen molar-refractivity contribution in [1.82, 2.24) is 14.7 Å². The van der Waals surface area contributed by atoms with Crippen molar-refractivity contribution in [2.24, 2.45) is 13.0 Å². The highest BCUT2D eigenvalue weighted by Gasteiger charge is 2.36. The molecular weight excluding hydrogens is 326 g/mol. The molecule has 6 nitrogen and oxygen atoms in total. The molecule has 1 N–H and O–H groups in total. The van der Waals surface area contributed by atoms with Gasteiger partial charge in [-0.3, -0.25) is 9.48 Å². The maximum atomic E-state index is 12.9. The first-order valence-electron chi connectivity index (χ1n) is 8.29. The van der Waals surface area contributed by atoms with Gasteiger partial charge in [0.25, 0.3) is 5.91 Å². The number of aryl methyl sites for hydroxylation is 1. The molecule has 7 heteroatoms. The zero-order valence-corrected chi connectivity index (χ0v) is 15.3. The third-order valence-electron chi connectivity index (χ3n) is 4.71. The molecule has 130 valence electrons. The fraction of sp³-hybridized carbons (Fsp3) is 0.588. The van der Waals surface area contributed by atoms with Gasteiger partial charge in [0.05, 0.1) is 10.6 Å². The van der Waals surface area contributed by atoms with E-state index in [4.69, 9.17) is 0 Å². The first-order chi connectivity index (χ1) is 11.3. The van der Waals surface area contributed by atoms with Crippen LogP contribution in [0, 0.1) is 5.92 Å². The number of aromatic nitrogens is 2. The van der Waals surface area contributed by atoms with Crippen molar-refractivity contribution in [2.75, 3.05) is 6.54 Å². The third-order valence-corrected chi connectivity index (χ3v) is 5.90. The molecule has 1 saturated heterocycles. The van der Waals surface area contributed by atoms with Crippen LogP contribution in [0.15, 0.2) is 6.07 Å². The molecule has 3 rings (SSSR count). The van der Waals surface area contributed by atoms with Crippen LogP contribution in [0.2, 0.25) is 0 Å². The van der Waals surface area contributed by atoms with Crippen molar-refractivity contribution in [3.05, 3.63) is 16.6 Å². The SMILES string of the molecule is CC1CCN(C(=O)c2cc3c(C(C)C)nn(C)c3s2)C(C(=O)O)C1. The second-order valence-electron chi connectivity index (χ2n) is 6.98. The van der Waals surface area contributed by atoms with Gasteiger partial charge >= 0.3 is 5.97 Å². The van der Waals surface area contributed by atoms with Crippen LogP contribution in [-0.2, 0) is 11.8 Å². The van der Waals surface area contributed by atoms with Crippen LogP contribution in [0.25, 0.3) is 10.2 Å². The lowest BCUT2D eigenvalue weighted by Crippen LogP contribution is -2.49. The summed E-state index contributed by atoms with van der Waals surface area (Å²) in [5.74, 6) is -0.492. The van der Waals surface area contributed by atoms with Crippen LogP contribution in [0.4, 0.5) is 0 Å². The van der Waals surface area contributed by atoms with Gasteiger partial charge in [0.2, 0.25) is 0 Å². The highest BCUT2D eigenvalue weighted by Crippen LogP contribution is 2.33. The summed E-state index contributed by atoms with van der Waals surface area (Å²) >= 11 is 1.39. The number of carbonyl (C=O) groups is 2. The minimum Gasteiger partial charge on any atom is -0.480 e. The number of hydrogen-bond acceptors (Lipinski definition) is 4. The van der Waals surface area contributed by atoms with E-state index in [9.17, 15) is 14.7 Å². The smallest absolute Gasteiger partial charge is 0.326 e. The first-order valence-corrected chi connectivity index (χ1v) is 9.11. The van der Waals surface area contributed by atoms with E-state index in [0.29, 0.717) is 23.8 Å². The monoisotopic (exact) mass is 349 g/mol. The standard InChI is InChI=1S/C17H23N3O3S/c1-9(2)14-11-8-13(24-16(11)19(4)18-14)15(21)20-6-5-10(3)7-12(20)17(22)23/h8-10,12H,5-7H2,1-4H3,(H,22,23). The van der Waals surface area contributed by atoms with Crippen LogP contribution < -0.4 is 0 Å². The summed E-state index contributed by atoms with van der Waals surface area (Å²) in [6, 6.07) is 1.15. The Morgan fingerprint density at radius 1 is 1.42 bits per heavy atom. The van der Waals surface area contributed by atoms with Gasteiger partial charge in [0.15, 0.2) is 0 Å². The van der Waals surface area contributed by atoms with Crippen molar-refractivity contribution in [3.8, 4) is 0 Å². The maximum absolute atomic E-state index is 12.9. The Kier molecular flexibility index (Phi) is 4.38. The average Bonchev–Trinajstić information content (AvgIpc) is 3.07. The number of carboxylic acid groups (broad SMARTS) is 1. The molecule has 1 fully saturated rings. The van der Waals surface area contributed by atoms with Gasteiger partial charge in [-0.2, -0.15) is 5.10 Å². The summed E-state index contributed by atoms with van der Waals surface area (Å²) in [6.07, 6.45) is 1.37. The molecule has 1 amide bonds. The summed E-state index contributed by atoms with van der Waals surface area (Å²) < 4.78 is 1.80. The number of piperidine rings is 1. The molecule has 1 aliphatic rings. The summed E-state index contributed by atoms with van der Waals surface area (Å²) in [7, 11) is 1.88. The number of nitrogens with zero attached hydrogens (tertiary/aromatic N) is 3. The van der Waals surface area contributed by atoms with E-state index in [1.165, 1.54) is 16.2 Å². The zero-order chi connectivity index (χ0) is 17.6. The fourth-order valence-electron chi connectivity index (χ4n) is 3.36. The van der Waals surface area contributed by atoms with Gasteiger partial charge in [-0.05, 0) is 30.7 Å². The molecule has 0 aliphatic carbocycles. The fourth-order valence-corrected chi connectivity index (χ4v) is 4.39. The van der Waals surface area contributed by atoms with E-state index in [-0.39, 0.29) is 11.8 Å². The number of thiophene rings is 1. The average molecular weight is 349 g/mol. The summed E-state index contributed by atoms with van der Waals surface area (Å²) in [5.41, 5.74) is 0.977. The molecule has 0 saturated carbocycles. The Morgan fingerprint density at radius 2 is 2.12 bits per heavy atom. The second-order valence-corrected chi connectivity index (χ2v) is 8.01. The predicted octanol–water partition coefficient (Wildman–Crippen LogP) is 3.08. The number of hydrogen-bond donors (Lipinski definition) is 1. The highest BCUT2D eigenvalue weighted by atomic mass is 32.1. The van der Waals surface area contributed by atoms with Gasteiger partial charge in [-0.25, -0.2) is 4.79 Å². The van der Waals surface area contributed by atoms with Crippen molar-refractivity contribution in [3.63, 3.8) is 0 Å². The first kappa shape index (κ1) is 17.0. The highest BCUT2D eigenvalue weighted by molar-refractivity contribution is 7.20. The van der Waals surface area contributed by atoms with Crippen LogP contribution >= 0.6 is 11.3 Å². The molecule has 0 spiro atoms. The van der Waals surface area contributed by atoms with E-state index >= 15 is 0 Å². The van der Waals surface area contributed by atoms with Gasteiger partial charge in [0, 0.05) is 19.0 Å². The Bertz CT molecular complexity index is 792. The number of aliphatic carboxylic acids is 1. The predicted molar refractivity (Wildman–Crippen MR) is 93.5 cm³/mol. The molecule has 3 heterocycles. The molecule has 0 bridgehead atoms. The summed E-state index contributed by atoms with van der Waals surface area (Å²) in [5, 5.41) is 15.0. The molecular formula is C17H23N3O3S. The quantitative estimate of drug-likeness (QED) is 0.924. The van der Waals surface area contributed by atoms with E-state index in [2.05, 4.69) is 18.9 Å². The number of fused-ring (bicyclic) bond motifs is 1. The second kappa shape index (κ2) is 6.20. The zero-order valence-electron chi connectivity index (χ0n) is 14.4. The molecule has 2 aromatic rings. The maximum Gasteiger partial charge on any atom is 0.326 e.